The van der Waals surface area contributed by atoms with E-state index in [2.05, 4.69) is 15.7 Å². The smallest absolute Gasteiger partial charge is 0.407 e. The minimum absolute atomic E-state index is 0.0679. The van der Waals surface area contributed by atoms with Crippen molar-refractivity contribution in [3.05, 3.63) is 28.2 Å². The molecule has 2 amide bonds. The molecule has 0 fully saturated rings. The van der Waals surface area contributed by atoms with Crippen molar-refractivity contribution in [2.75, 3.05) is 18.1 Å². The molecule has 1 aromatic carbocycles. The summed E-state index contributed by atoms with van der Waals surface area (Å²) in [6.07, 6.45) is 0.288. The maximum Gasteiger partial charge on any atom is 0.407 e. The van der Waals surface area contributed by atoms with Crippen LogP contribution in [0.3, 0.4) is 0 Å². The van der Waals surface area contributed by atoms with E-state index in [0.29, 0.717) is 35.4 Å². The highest BCUT2D eigenvalue weighted by atomic mass is 35.5. The van der Waals surface area contributed by atoms with Gasteiger partial charge in [-0.15, -0.1) is 0 Å². The van der Waals surface area contributed by atoms with Gasteiger partial charge in [-0.3, -0.25) is 9.80 Å². The monoisotopic (exact) mass is 428 g/mol. The van der Waals surface area contributed by atoms with Crippen LogP contribution in [-0.2, 0) is 9.53 Å². The number of amidine groups is 1. The average Bonchev–Trinajstić information content (AvgIpc) is 2.93. The number of rotatable bonds is 5. The van der Waals surface area contributed by atoms with E-state index in [4.69, 9.17) is 27.9 Å². The normalized spacial score (nSPS) is 16.6. The number of ether oxygens (including phenoxy) is 1. The van der Waals surface area contributed by atoms with Gasteiger partial charge in [-0.2, -0.15) is 5.10 Å². The van der Waals surface area contributed by atoms with Gasteiger partial charge in [-0.05, 0) is 45.4 Å². The van der Waals surface area contributed by atoms with Gasteiger partial charge in [0.05, 0.1) is 22.3 Å². The Morgan fingerprint density at radius 1 is 1.29 bits per heavy atom. The molecule has 1 atom stereocenters. The zero-order chi connectivity index (χ0) is 20.9. The Labute approximate surface area is 175 Å². The Morgan fingerprint density at radius 3 is 2.64 bits per heavy atom. The van der Waals surface area contributed by atoms with E-state index < -0.39 is 11.7 Å². The van der Waals surface area contributed by atoms with Crippen LogP contribution in [0.5, 0.6) is 0 Å². The molecule has 0 aromatic heterocycles. The van der Waals surface area contributed by atoms with Crippen LogP contribution in [0.1, 0.15) is 40.5 Å². The molecular weight excluding hydrogens is 403 g/mol. The van der Waals surface area contributed by atoms with Crippen molar-refractivity contribution >= 4 is 46.7 Å². The fraction of sp³-hybridized carbons (Fsp3) is 0.526. The zero-order valence-electron chi connectivity index (χ0n) is 16.5. The van der Waals surface area contributed by atoms with Crippen molar-refractivity contribution in [2.45, 2.75) is 46.1 Å². The lowest BCUT2D eigenvalue weighted by atomic mass is 10.1. The number of alkyl carbamates (subject to hydrolysis) is 1. The molecule has 1 aliphatic rings. The van der Waals surface area contributed by atoms with Gasteiger partial charge in [0.1, 0.15) is 11.4 Å². The van der Waals surface area contributed by atoms with Gasteiger partial charge in [0.15, 0.2) is 0 Å². The second kappa shape index (κ2) is 9.47. The third-order valence-electron chi connectivity index (χ3n) is 3.86. The molecule has 2 rings (SSSR count). The van der Waals surface area contributed by atoms with Gasteiger partial charge in [0.25, 0.3) is 0 Å². The van der Waals surface area contributed by atoms with Gasteiger partial charge in [0, 0.05) is 18.9 Å². The molecule has 0 spiro atoms. The summed E-state index contributed by atoms with van der Waals surface area (Å²) in [6.45, 7) is 8.37. The van der Waals surface area contributed by atoms with E-state index in [1.54, 1.807) is 37.9 Å². The highest BCUT2D eigenvalue weighted by Gasteiger charge is 2.25. The second-order valence-corrected chi connectivity index (χ2v) is 8.46. The Bertz CT molecular complexity index is 762. The number of hydrazone groups is 1. The van der Waals surface area contributed by atoms with Crippen molar-refractivity contribution in [3.63, 3.8) is 0 Å². The number of nitrogens with one attached hydrogen (secondary N) is 2. The lowest BCUT2D eigenvalue weighted by molar-refractivity contribution is -0.119. The third kappa shape index (κ3) is 6.87. The molecule has 1 aliphatic heterocycles. The van der Waals surface area contributed by atoms with E-state index in [0.717, 1.165) is 5.69 Å². The topological polar surface area (TPSA) is 83.0 Å². The van der Waals surface area contributed by atoms with E-state index in [-0.39, 0.29) is 18.2 Å². The summed E-state index contributed by atoms with van der Waals surface area (Å²) in [5.41, 5.74) is 0.269. The zero-order valence-corrected chi connectivity index (χ0v) is 18.0. The Morgan fingerprint density at radius 2 is 2.00 bits per heavy atom. The van der Waals surface area contributed by atoms with Crippen LogP contribution >= 0.6 is 23.2 Å². The largest absolute Gasteiger partial charge is 0.444 e. The lowest BCUT2D eigenvalue weighted by Crippen LogP contribution is -2.35. The fourth-order valence-corrected chi connectivity index (χ4v) is 2.82. The molecule has 0 aliphatic carbocycles. The van der Waals surface area contributed by atoms with Gasteiger partial charge in [-0.25, -0.2) is 4.79 Å². The number of carbonyl (C=O) groups is 2. The van der Waals surface area contributed by atoms with Crippen LogP contribution in [0.4, 0.5) is 10.5 Å². The fourth-order valence-electron chi connectivity index (χ4n) is 2.53. The van der Waals surface area contributed by atoms with Crippen LogP contribution in [0.2, 0.25) is 10.0 Å². The van der Waals surface area contributed by atoms with Gasteiger partial charge < -0.3 is 15.4 Å². The summed E-state index contributed by atoms with van der Waals surface area (Å²) in [4.78, 5) is 23.7. The van der Waals surface area contributed by atoms with Crippen molar-refractivity contribution in [1.29, 1.82) is 0 Å². The molecule has 0 saturated heterocycles. The quantitative estimate of drug-likeness (QED) is 0.688. The summed E-state index contributed by atoms with van der Waals surface area (Å²) in [5.74, 6) is 0.530. The minimum atomic E-state index is -0.543. The van der Waals surface area contributed by atoms with Gasteiger partial charge in [-0.1, -0.05) is 30.1 Å². The number of amides is 2. The predicted octanol–water partition coefficient (Wildman–Crippen LogP) is 4.18. The number of halogens is 2. The number of carbonyl (C=O) groups excluding carboxylic acids is 2. The van der Waals surface area contributed by atoms with Crippen LogP contribution in [0.25, 0.3) is 0 Å². The summed E-state index contributed by atoms with van der Waals surface area (Å²) in [7, 11) is 0. The number of nitrogens with zero attached hydrogens (tertiary/aromatic N) is 2. The summed E-state index contributed by atoms with van der Waals surface area (Å²) in [5, 5.41) is 12.7. The van der Waals surface area contributed by atoms with E-state index in [1.165, 1.54) is 0 Å². The first kappa shape index (κ1) is 22.3. The Balaban J connectivity index is 1.79. The Hall–Kier alpha value is -1.99. The molecule has 1 aromatic rings. The molecule has 0 saturated carbocycles. The van der Waals surface area contributed by atoms with Gasteiger partial charge in [0.2, 0.25) is 5.91 Å². The molecule has 1 heterocycles. The van der Waals surface area contributed by atoms with E-state index in [9.17, 15) is 9.59 Å². The molecule has 154 valence electrons. The molecule has 9 heteroatoms. The van der Waals surface area contributed by atoms with E-state index >= 15 is 0 Å². The molecule has 1 unspecified atom stereocenters. The summed E-state index contributed by atoms with van der Waals surface area (Å²) < 4.78 is 5.14. The summed E-state index contributed by atoms with van der Waals surface area (Å²) >= 11 is 12.0. The van der Waals surface area contributed by atoms with Crippen LogP contribution in [0, 0.1) is 5.92 Å². The highest BCUT2D eigenvalue weighted by Crippen LogP contribution is 2.29. The molecule has 28 heavy (non-hydrogen) atoms. The first-order valence-electron chi connectivity index (χ1n) is 9.13. The first-order valence-corrected chi connectivity index (χ1v) is 9.88. The SMILES string of the molecule is CC1CN(c2ccc(Cl)c(Cl)c2)N=C1NC(=O)CCCNC(=O)OC(C)(C)C. The number of hydrogen-bond donors (Lipinski definition) is 2. The van der Waals surface area contributed by atoms with Crippen LogP contribution in [0.15, 0.2) is 23.3 Å². The van der Waals surface area contributed by atoms with Crippen LogP contribution in [-0.4, -0.2) is 36.5 Å². The van der Waals surface area contributed by atoms with Gasteiger partial charge >= 0.3 is 6.09 Å². The van der Waals surface area contributed by atoms with Crippen molar-refractivity contribution in [3.8, 4) is 0 Å². The molecule has 0 radical (unpaired) electrons. The molecular formula is C19H26Cl2N4O3. The lowest BCUT2D eigenvalue weighted by Gasteiger charge is -2.19. The molecule has 0 bridgehead atoms. The number of anilines is 1. The van der Waals surface area contributed by atoms with Crippen LogP contribution < -0.4 is 15.6 Å². The minimum Gasteiger partial charge on any atom is -0.444 e. The maximum atomic E-state index is 12.2. The average molecular weight is 429 g/mol. The first-order chi connectivity index (χ1) is 13.0. The van der Waals surface area contributed by atoms with Crippen molar-refractivity contribution in [2.24, 2.45) is 11.0 Å². The molecule has 2 N–H and O–H groups in total. The summed E-state index contributed by atoms with van der Waals surface area (Å²) in [6, 6.07) is 5.29. The highest BCUT2D eigenvalue weighted by molar-refractivity contribution is 6.42. The predicted molar refractivity (Wildman–Crippen MR) is 112 cm³/mol. The number of hydrogen-bond acceptors (Lipinski definition) is 5. The second-order valence-electron chi connectivity index (χ2n) is 7.65. The third-order valence-corrected chi connectivity index (χ3v) is 4.60. The van der Waals surface area contributed by atoms with E-state index in [1.807, 2.05) is 13.0 Å². The van der Waals surface area contributed by atoms with Crippen molar-refractivity contribution in [1.82, 2.24) is 10.6 Å². The standard InChI is InChI=1S/C19H26Cl2N4O3/c1-12-11-25(13-7-8-14(20)15(21)10-13)24-17(12)23-16(26)6-5-9-22-18(27)28-19(2,3)4/h7-8,10,12H,5-6,9,11H2,1-4H3,(H,22,27)(H,23,24,26). The number of benzene rings is 1. The maximum absolute atomic E-state index is 12.2. The molecule has 7 nitrogen and oxygen atoms in total. The Kier molecular flexibility index (Phi) is 7.55. The van der Waals surface area contributed by atoms with Crippen molar-refractivity contribution < 1.29 is 14.3 Å².